The predicted octanol–water partition coefficient (Wildman–Crippen LogP) is 3.52. The van der Waals surface area contributed by atoms with Gasteiger partial charge in [-0.05, 0) is 36.9 Å². The standard InChI is InChI=1S/C19H23F3N4OS/c1-18(12-23)7-9-26(10-8-18)17-24-11-15(16(27)25(17)2)28-14-6-4-3-5-13(14)19(20,21)22/h3-6,11H,7-10,12,23H2,1-2H3. The van der Waals surface area contributed by atoms with Crippen LogP contribution in [-0.2, 0) is 13.2 Å². The molecule has 0 saturated carbocycles. The number of halogens is 3. The van der Waals surface area contributed by atoms with E-state index in [2.05, 4.69) is 11.9 Å². The van der Waals surface area contributed by atoms with Crippen molar-refractivity contribution in [2.45, 2.75) is 35.7 Å². The Balaban J connectivity index is 1.86. The van der Waals surface area contributed by atoms with Gasteiger partial charge in [0.15, 0.2) is 0 Å². The third-order valence-corrected chi connectivity index (χ3v) is 6.35. The van der Waals surface area contributed by atoms with Crippen LogP contribution in [0.25, 0.3) is 0 Å². The molecule has 0 radical (unpaired) electrons. The van der Waals surface area contributed by atoms with E-state index in [-0.39, 0.29) is 20.8 Å². The molecule has 0 unspecified atom stereocenters. The Bertz CT molecular complexity index is 905. The van der Waals surface area contributed by atoms with Gasteiger partial charge in [-0.2, -0.15) is 13.2 Å². The summed E-state index contributed by atoms with van der Waals surface area (Å²) in [5.41, 5.74) is 4.81. The molecule has 1 aliphatic heterocycles. The Kier molecular flexibility index (Phi) is 5.77. The first-order valence-corrected chi connectivity index (χ1v) is 9.81. The molecule has 0 spiro atoms. The van der Waals surface area contributed by atoms with Crippen LogP contribution in [0, 0.1) is 5.41 Å². The summed E-state index contributed by atoms with van der Waals surface area (Å²) in [7, 11) is 1.60. The Morgan fingerprint density at radius 1 is 1.21 bits per heavy atom. The van der Waals surface area contributed by atoms with Crippen molar-refractivity contribution in [2.24, 2.45) is 18.2 Å². The van der Waals surface area contributed by atoms with Crippen LogP contribution in [0.4, 0.5) is 19.1 Å². The minimum absolute atomic E-state index is 0.0154. The quantitative estimate of drug-likeness (QED) is 0.833. The maximum atomic E-state index is 13.2. The van der Waals surface area contributed by atoms with E-state index < -0.39 is 11.7 Å². The largest absolute Gasteiger partial charge is 0.417 e. The zero-order valence-corrected chi connectivity index (χ0v) is 16.6. The number of rotatable bonds is 4. The molecule has 2 N–H and O–H groups in total. The van der Waals surface area contributed by atoms with Crippen molar-refractivity contribution in [3.05, 3.63) is 46.4 Å². The van der Waals surface area contributed by atoms with Crippen molar-refractivity contribution >= 4 is 17.7 Å². The maximum Gasteiger partial charge on any atom is 0.417 e. The second kappa shape index (κ2) is 7.79. The van der Waals surface area contributed by atoms with E-state index in [0.717, 1.165) is 43.8 Å². The van der Waals surface area contributed by atoms with E-state index in [9.17, 15) is 18.0 Å². The minimum atomic E-state index is -4.48. The lowest BCUT2D eigenvalue weighted by atomic mass is 9.81. The molecule has 2 aromatic rings. The van der Waals surface area contributed by atoms with Gasteiger partial charge in [-0.3, -0.25) is 9.36 Å². The molecule has 1 aromatic carbocycles. The van der Waals surface area contributed by atoms with Crippen LogP contribution in [0.2, 0.25) is 0 Å². The fourth-order valence-electron chi connectivity index (χ4n) is 3.24. The van der Waals surface area contributed by atoms with Crippen LogP contribution >= 0.6 is 11.8 Å². The fraction of sp³-hybridized carbons (Fsp3) is 0.474. The lowest BCUT2D eigenvalue weighted by Gasteiger charge is -2.39. The van der Waals surface area contributed by atoms with E-state index in [1.807, 2.05) is 4.90 Å². The number of alkyl halides is 3. The number of anilines is 1. The van der Waals surface area contributed by atoms with Crippen LogP contribution in [0.5, 0.6) is 0 Å². The van der Waals surface area contributed by atoms with E-state index in [0.29, 0.717) is 12.5 Å². The molecular weight excluding hydrogens is 389 g/mol. The summed E-state index contributed by atoms with van der Waals surface area (Å²) >= 11 is 0.790. The second-order valence-electron chi connectivity index (χ2n) is 7.38. The highest BCUT2D eigenvalue weighted by Gasteiger charge is 2.34. The van der Waals surface area contributed by atoms with E-state index in [1.54, 1.807) is 7.05 Å². The summed E-state index contributed by atoms with van der Waals surface area (Å²) in [6.45, 7) is 4.23. The number of piperidine rings is 1. The highest BCUT2D eigenvalue weighted by Crippen LogP contribution is 2.38. The van der Waals surface area contributed by atoms with Crippen LogP contribution in [-0.4, -0.2) is 29.2 Å². The van der Waals surface area contributed by atoms with Crippen molar-refractivity contribution in [3.63, 3.8) is 0 Å². The molecule has 1 aliphatic rings. The topological polar surface area (TPSA) is 64.2 Å². The highest BCUT2D eigenvalue weighted by atomic mass is 32.2. The minimum Gasteiger partial charge on any atom is -0.342 e. The molecule has 1 aromatic heterocycles. The molecule has 28 heavy (non-hydrogen) atoms. The zero-order valence-electron chi connectivity index (χ0n) is 15.8. The third kappa shape index (κ3) is 4.20. The molecule has 3 rings (SSSR count). The molecule has 0 amide bonds. The van der Waals surface area contributed by atoms with Gasteiger partial charge in [0.25, 0.3) is 5.56 Å². The summed E-state index contributed by atoms with van der Waals surface area (Å²) in [6.07, 6.45) is -1.32. The van der Waals surface area contributed by atoms with Gasteiger partial charge in [0.1, 0.15) is 0 Å². The van der Waals surface area contributed by atoms with Gasteiger partial charge in [-0.1, -0.05) is 30.8 Å². The van der Waals surface area contributed by atoms with Crippen molar-refractivity contribution < 1.29 is 13.2 Å². The zero-order chi connectivity index (χ0) is 20.5. The Labute approximate surface area is 165 Å². The molecule has 152 valence electrons. The van der Waals surface area contributed by atoms with Gasteiger partial charge < -0.3 is 10.6 Å². The molecule has 2 heterocycles. The molecule has 1 saturated heterocycles. The first-order valence-electron chi connectivity index (χ1n) is 9.00. The molecule has 1 fully saturated rings. The van der Waals surface area contributed by atoms with Crippen molar-refractivity contribution in [3.8, 4) is 0 Å². The smallest absolute Gasteiger partial charge is 0.342 e. The van der Waals surface area contributed by atoms with Crippen LogP contribution in [0.15, 0.2) is 45.0 Å². The molecule has 0 bridgehead atoms. The van der Waals surface area contributed by atoms with Gasteiger partial charge in [0, 0.05) is 25.0 Å². The number of hydrogen-bond donors (Lipinski definition) is 1. The summed E-state index contributed by atoms with van der Waals surface area (Å²) in [5.74, 6) is 0.525. The lowest BCUT2D eigenvalue weighted by molar-refractivity contribution is -0.139. The Hall–Kier alpha value is -2.00. The van der Waals surface area contributed by atoms with Crippen molar-refractivity contribution in [2.75, 3.05) is 24.5 Å². The number of nitrogens with zero attached hydrogens (tertiary/aromatic N) is 3. The van der Waals surface area contributed by atoms with Crippen molar-refractivity contribution in [1.82, 2.24) is 9.55 Å². The number of benzene rings is 1. The lowest BCUT2D eigenvalue weighted by Crippen LogP contribution is -2.44. The molecule has 9 heteroatoms. The number of hydrogen-bond acceptors (Lipinski definition) is 5. The number of aromatic nitrogens is 2. The molecule has 0 atom stereocenters. The summed E-state index contributed by atoms with van der Waals surface area (Å²) in [5, 5.41) is 0. The van der Waals surface area contributed by atoms with E-state index in [1.165, 1.54) is 29.0 Å². The van der Waals surface area contributed by atoms with Gasteiger partial charge in [0.2, 0.25) is 5.95 Å². The maximum absolute atomic E-state index is 13.2. The normalized spacial score (nSPS) is 17.0. The Morgan fingerprint density at radius 2 is 1.86 bits per heavy atom. The van der Waals surface area contributed by atoms with Crippen LogP contribution in [0.3, 0.4) is 0 Å². The van der Waals surface area contributed by atoms with Crippen molar-refractivity contribution in [1.29, 1.82) is 0 Å². The average Bonchev–Trinajstić information content (AvgIpc) is 2.66. The second-order valence-corrected chi connectivity index (χ2v) is 8.47. The summed E-state index contributed by atoms with van der Waals surface area (Å²) in [4.78, 5) is 19.3. The average molecular weight is 412 g/mol. The summed E-state index contributed by atoms with van der Waals surface area (Å²) < 4.78 is 41.0. The van der Waals surface area contributed by atoms with Crippen LogP contribution < -0.4 is 16.2 Å². The third-order valence-electron chi connectivity index (χ3n) is 5.27. The van der Waals surface area contributed by atoms with Gasteiger partial charge >= 0.3 is 6.18 Å². The molecule has 5 nitrogen and oxygen atoms in total. The molecule has 0 aliphatic carbocycles. The SMILES string of the molecule is Cn1c(N2CCC(C)(CN)CC2)ncc(Sc2ccccc2C(F)(F)F)c1=O. The molecular formula is C19H23F3N4OS. The first kappa shape index (κ1) is 20.7. The van der Waals surface area contributed by atoms with Gasteiger partial charge in [0.05, 0.1) is 16.7 Å². The van der Waals surface area contributed by atoms with Gasteiger partial charge in [-0.15, -0.1) is 0 Å². The number of nitrogens with two attached hydrogens (primary N) is 1. The monoisotopic (exact) mass is 412 g/mol. The van der Waals surface area contributed by atoms with E-state index >= 15 is 0 Å². The fourth-order valence-corrected chi connectivity index (χ4v) is 4.24. The Morgan fingerprint density at radius 3 is 2.46 bits per heavy atom. The predicted molar refractivity (Wildman–Crippen MR) is 104 cm³/mol. The van der Waals surface area contributed by atoms with Gasteiger partial charge in [-0.25, -0.2) is 4.98 Å². The van der Waals surface area contributed by atoms with Crippen LogP contribution in [0.1, 0.15) is 25.3 Å². The van der Waals surface area contributed by atoms with E-state index in [4.69, 9.17) is 5.73 Å². The summed E-state index contributed by atoms with van der Waals surface area (Å²) in [6, 6.07) is 5.22. The first-order chi connectivity index (χ1) is 13.1. The highest BCUT2D eigenvalue weighted by molar-refractivity contribution is 7.99.